The number of fused-ring (bicyclic) bond motifs is 4. The average Bonchev–Trinajstić information content (AvgIpc) is 3.00. The highest BCUT2D eigenvalue weighted by Gasteiger charge is 2.56. The van der Waals surface area contributed by atoms with Gasteiger partial charge in [0.2, 0.25) is 0 Å². The molecule has 1 saturated carbocycles. The monoisotopic (exact) mass is 440 g/mol. The molecule has 2 bridgehead atoms. The molecule has 4 atom stereocenters. The van der Waals surface area contributed by atoms with Gasteiger partial charge in [-0.15, -0.1) is 0 Å². The van der Waals surface area contributed by atoms with E-state index in [1.807, 2.05) is 6.07 Å². The Bertz CT molecular complexity index is 1060. The van der Waals surface area contributed by atoms with Gasteiger partial charge in [0, 0.05) is 42.9 Å². The molecule has 6 nitrogen and oxygen atoms in total. The van der Waals surface area contributed by atoms with Crippen LogP contribution in [0.2, 0.25) is 0 Å². The molecule has 2 N–H and O–H groups in total. The number of carboxylic acids is 1. The summed E-state index contributed by atoms with van der Waals surface area (Å²) in [5.41, 5.74) is 1.62. The zero-order chi connectivity index (χ0) is 22.4. The van der Waals surface area contributed by atoms with Gasteiger partial charge in [-0.3, -0.25) is 14.5 Å². The SMILES string of the molecule is O=C(O)[C@@H]1[C@@H](CO)[C@@H]2Cn3c(ccc(-c4ccc(F)cc4)c3=O)[C@H]1N2CC1CCCCC1. The first-order valence-corrected chi connectivity index (χ1v) is 11.6. The molecule has 3 heterocycles. The van der Waals surface area contributed by atoms with E-state index in [9.17, 15) is 24.2 Å². The Morgan fingerprint density at radius 1 is 1.06 bits per heavy atom. The summed E-state index contributed by atoms with van der Waals surface area (Å²) in [5, 5.41) is 20.2. The Morgan fingerprint density at radius 2 is 1.78 bits per heavy atom. The second kappa shape index (κ2) is 8.45. The molecular formula is C25H29FN2O4. The molecule has 2 fully saturated rings. The van der Waals surface area contributed by atoms with Crippen LogP contribution in [-0.4, -0.2) is 44.8 Å². The topological polar surface area (TPSA) is 82.8 Å². The van der Waals surface area contributed by atoms with Crippen molar-refractivity contribution in [2.24, 2.45) is 17.8 Å². The number of pyridine rings is 1. The second-order valence-corrected chi connectivity index (χ2v) is 9.52. The Hall–Kier alpha value is -2.51. The lowest BCUT2D eigenvalue weighted by molar-refractivity contribution is -0.144. The first-order chi connectivity index (χ1) is 15.5. The Kier molecular flexibility index (Phi) is 5.63. The van der Waals surface area contributed by atoms with Crippen molar-refractivity contribution in [3.05, 3.63) is 58.3 Å². The first kappa shape index (κ1) is 21.3. The molecule has 1 aromatic heterocycles. The third-order valence-corrected chi connectivity index (χ3v) is 7.80. The van der Waals surface area contributed by atoms with Crippen LogP contribution in [0.5, 0.6) is 0 Å². The van der Waals surface area contributed by atoms with E-state index in [0.29, 0.717) is 29.3 Å². The lowest BCUT2D eigenvalue weighted by Crippen LogP contribution is -2.48. The lowest BCUT2D eigenvalue weighted by atomic mass is 9.87. The number of aromatic nitrogens is 1. The molecule has 1 saturated heterocycles. The van der Waals surface area contributed by atoms with Gasteiger partial charge in [0.1, 0.15) is 5.82 Å². The highest BCUT2D eigenvalue weighted by molar-refractivity contribution is 5.73. The van der Waals surface area contributed by atoms with Crippen LogP contribution in [0.15, 0.2) is 41.2 Å². The van der Waals surface area contributed by atoms with Crippen LogP contribution in [0, 0.1) is 23.6 Å². The fraction of sp³-hybridized carbons (Fsp3) is 0.520. The van der Waals surface area contributed by atoms with E-state index in [1.54, 1.807) is 22.8 Å². The highest BCUT2D eigenvalue weighted by Crippen LogP contribution is 2.49. The summed E-state index contributed by atoms with van der Waals surface area (Å²) >= 11 is 0. The minimum absolute atomic E-state index is 0.191. The molecule has 0 amide bonds. The van der Waals surface area contributed by atoms with Crippen molar-refractivity contribution in [3.63, 3.8) is 0 Å². The molecule has 32 heavy (non-hydrogen) atoms. The number of benzene rings is 1. The molecule has 0 spiro atoms. The van der Waals surface area contributed by atoms with Crippen molar-refractivity contribution in [2.45, 2.75) is 50.7 Å². The second-order valence-electron chi connectivity index (χ2n) is 9.52. The van der Waals surface area contributed by atoms with Gasteiger partial charge in [-0.25, -0.2) is 4.39 Å². The minimum Gasteiger partial charge on any atom is -0.481 e. The number of halogens is 1. The minimum atomic E-state index is -0.922. The van der Waals surface area contributed by atoms with E-state index in [0.717, 1.165) is 19.4 Å². The smallest absolute Gasteiger partial charge is 0.308 e. The van der Waals surface area contributed by atoms with Crippen molar-refractivity contribution in [2.75, 3.05) is 13.2 Å². The highest BCUT2D eigenvalue weighted by atomic mass is 19.1. The van der Waals surface area contributed by atoms with E-state index < -0.39 is 23.8 Å². The third kappa shape index (κ3) is 3.48. The van der Waals surface area contributed by atoms with E-state index in [-0.39, 0.29) is 24.0 Å². The van der Waals surface area contributed by atoms with Gasteiger partial charge in [0.05, 0.1) is 12.0 Å². The van der Waals surface area contributed by atoms with Gasteiger partial charge >= 0.3 is 5.97 Å². The normalized spacial score (nSPS) is 27.9. The number of hydrogen-bond donors (Lipinski definition) is 2. The summed E-state index contributed by atoms with van der Waals surface area (Å²) in [7, 11) is 0. The number of aliphatic hydroxyl groups excluding tert-OH is 1. The summed E-state index contributed by atoms with van der Waals surface area (Å²) in [5.74, 6) is -1.93. The van der Waals surface area contributed by atoms with E-state index in [1.165, 1.54) is 31.4 Å². The third-order valence-electron chi connectivity index (χ3n) is 7.80. The Morgan fingerprint density at radius 3 is 2.44 bits per heavy atom. The Labute approximate surface area is 186 Å². The van der Waals surface area contributed by atoms with Gasteiger partial charge in [-0.1, -0.05) is 31.4 Å². The molecule has 1 aliphatic carbocycles. The summed E-state index contributed by atoms with van der Waals surface area (Å²) in [4.78, 5) is 28.0. The van der Waals surface area contributed by atoms with Gasteiger partial charge in [0.25, 0.3) is 5.56 Å². The van der Waals surface area contributed by atoms with Crippen LogP contribution in [0.25, 0.3) is 11.1 Å². The molecule has 2 aromatic rings. The first-order valence-electron chi connectivity index (χ1n) is 11.6. The standard InChI is InChI=1S/C25H29FN2O4/c26-17-8-6-16(7-9-17)18-10-11-20-23-22(25(31)32)19(14-29)21(13-28(20)24(18)30)27(23)12-15-4-2-1-3-5-15/h6-11,15,19,21-23,29H,1-5,12-14H2,(H,31,32)/t19-,21-,22+,23+/m0/s1. The summed E-state index contributed by atoms with van der Waals surface area (Å²) < 4.78 is 15.0. The van der Waals surface area contributed by atoms with Gasteiger partial charge in [-0.2, -0.15) is 0 Å². The number of carbonyl (C=O) groups is 1. The molecule has 0 unspecified atom stereocenters. The number of nitrogens with zero attached hydrogens (tertiary/aromatic N) is 2. The quantitative estimate of drug-likeness (QED) is 0.746. The molecule has 1 aromatic carbocycles. The zero-order valence-electron chi connectivity index (χ0n) is 18.0. The molecule has 0 radical (unpaired) electrons. The largest absolute Gasteiger partial charge is 0.481 e. The van der Waals surface area contributed by atoms with Crippen LogP contribution in [-0.2, 0) is 11.3 Å². The number of carboxylic acid groups (broad SMARTS) is 1. The molecular weight excluding hydrogens is 411 g/mol. The number of aliphatic carboxylic acids is 1. The fourth-order valence-corrected chi connectivity index (χ4v) is 6.27. The maximum Gasteiger partial charge on any atom is 0.308 e. The van der Waals surface area contributed by atoms with Crippen molar-refractivity contribution >= 4 is 5.97 Å². The predicted octanol–water partition coefficient (Wildman–Crippen LogP) is 3.28. The number of rotatable bonds is 5. The van der Waals surface area contributed by atoms with Gasteiger partial charge in [-0.05, 0) is 48.6 Å². The van der Waals surface area contributed by atoms with Crippen LogP contribution >= 0.6 is 0 Å². The van der Waals surface area contributed by atoms with E-state index in [4.69, 9.17) is 0 Å². The molecule has 5 rings (SSSR count). The summed E-state index contributed by atoms with van der Waals surface area (Å²) in [6, 6.07) is 8.79. The van der Waals surface area contributed by atoms with E-state index in [2.05, 4.69) is 4.90 Å². The van der Waals surface area contributed by atoms with Crippen molar-refractivity contribution in [3.8, 4) is 11.1 Å². The predicted molar refractivity (Wildman–Crippen MR) is 118 cm³/mol. The van der Waals surface area contributed by atoms with Crippen LogP contribution in [0.1, 0.15) is 43.8 Å². The Balaban J connectivity index is 1.57. The maximum absolute atomic E-state index is 13.4. The maximum atomic E-state index is 13.4. The molecule has 170 valence electrons. The zero-order valence-corrected chi connectivity index (χ0v) is 18.0. The van der Waals surface area contributed by atoms with Gasteiger partial charge in [0.15, 0.2) is 0 Å². The summed E-state index contributed by atoms with van der Waals surface area (Å²) in [6.45, 7) is 0.956. The fourth-order valence-electron chi connectivity index (χ4n) is 6.27. The van der Waals surface area contributed by atoms with Gasteiger partial charge < -0.3 is 14.8 Å². The molecule has 3 aliphatic rings. The number of aliphatic hydroxyl groups is 1. The van der Waals surface area contributed by atoms with Crippen LogP contribution in [0.3, 0.4) is 0 Å². The van der Waals surface area contributed by atoms with Crippen molar-refractivity contribution in [1.82, 2.24) is 9.47 Å². The lowest BCUT2D eigenvalue weighted by Gasteiger charge is -2.40. The van der Waals surface area contributed by atoms with Crippen molar-refractivity contribution < 1.29 is 19.4 Å². The van der Waals surface area contributed by atoms with Crippen LogP contribution in [0.4, 0.5) is 4.39 Å². The number of hydrogen-bond acceptors (Lipinski definition) is 4. The summed E-state index contributed by atoms with van der Waals surface area (Å²) in [6.07, 6.45) is 5.96. The van der Waals surface area contributed by atoms with E-state index >= 15 is 0 Å². The van der Waals surface area contributed by atoms with Crippen molar-refractivity contribution in [1.29, 1.82) is 0 Å². The van der Waals surface area contributed by atoms with Crippen LogP contribution < -0.4 is 5.56 Å². The molecule has 2 aliphatic heterocycles. The average molecular weight is 441 g/mol. The molecule has 7 heteroatoms.